The topological polar surface area (TPSA) is 51.9 Å². The first kappa shape index (κ1) is 15.0. The van der Waals surface area contributed by atoms with Crippen LogP contribution >= 0.6 is 11.6 Å². The Balaban J connectivity index is 1.62. The van der Waals surface area contributed by atoms with E-state index in [4.69, 9.17) is 25.5 Å². The number of piperidine rings is 1. The zero-order chi connectivity index (χ0) is 15.8. The minimum absolute atomic E-state index is 0.0458. The van der Waals surface area contributed by atoms with Crippen molar-refractivity contribution in [3.8, 4) is 0 Å². The van der Waals surface area contributed by atoms with Gasteiger partial charge in [-0.2, -0.15) is 0 Å². The van der Waals surface area contributed by atoms with Crippen molar-refractivity contribution >= 4 is 28.5 Å². The average molecular weight is 336 g/mol. The number of furan rings is 1. The van der Waals surface area contributed by atoms with E-state index in [0.29, 0.717) is 36.1 Å². The van der Waals surface area contributed by atoms with E-state index in [2.05, 4.69) is 0 Å². The number of halogens is 1. The SMILES string of the molecule is O=C(c1cc2cc(Cl)ccc2o1)N1CCCC[C@H]1C1OCCO1. The van der Waals surface area contributed by atoms with Crippen molar-refractivity contribution in [1.29, 1.82) is 0 Å². The molecule has 6 heteroatoms. The maximum atomic E-state index is 12.9. The van der Waals surface area contributed by atoms with Gasteiger partial charge in [0.05, 0.1) is 19.3 Å². The Morgan fingerprint density at radius 2 is 2.00 bits per heavy atom. The third kappa shape index (κ3) is 2.84. The first-order chi connectivity index (χ1) is 11.2. The van der Waals surface area contributed by atoms with Crippen LogP contribution in [-0.2, 0) is 9.47 Å². The van der Waals surface area contributed by atoms with Crippen LogP contribution in [0.25, 0.3) is 11.0 Å². The van der Waals surface area contributed by atoms with Crippen molar-refractivity contribution < 1.29 is 18.7 Å². The van der Waals surface area contributed by atoms with Crippen molar-refractivity contribution in [3.63, 3.8) is 0 Å². The number of nitrogens with zero attached hydrogens (tertiary/aromatic N) is 1. The number of hydrogen-bond donors (Lipinski definition) is 0. The summed E-state index contributed by atoms with van der Waals surface area (Å²) in [5.74, 6) is 0.230. The van der Waals surface area contributed by atoms with Crippen LogP contribution in [0.2, 0.25) is 5.02 Å². The van der Waals surface area contributed by atoms with Crippen molar-refractivity contribution in [1.82, 2.24) is 4.90 Å². The molecular weight excluding hydrogens is 318 g/mol. The maximum absolute atomic E-state index is 12.9. The van der Waals surface area contributed by atoms with E-state index < -0.39 is 0 Å². The van der Waals surface area contributed by atoms with Gasteiger partial charge in [0.2, 0.25) is 0 Å². The Morgan fingerprint density at radius 1 is 1.17 bits per heavy atom. The third-order valence-corrected chi connectivity index (χ3v) is 4.70. The summed E-state index contributed by atoms with van der Waals surface area (Å²) in [5.41, 5.74) is 0.666. The zero-order valence-corrected chi connectivity index (χ0v) is 13.4. The Hall–Kier alpha value is -1.56. The number of rotatable bonds is 2. The van der Waals surface area contributed by atoms with Crippen LogP contribution in [-0.4, -0.2) is 42.9 Å². The fourth-order valence-electron chi connectivity index (χ4n) is 3.35. The van der Waals surface area contributed by atoms with E-state index in [1.54, 1.807) is 24.3 Å². The molecule has 0 spiro atoms. The standard InChI is InChI=1S/C17H18ClNO4/c18-12-4-5-14-11(9-12)10-15(23-14)16(20)19-6-2-1-3-13(19)17-21-7-8-22-17/h4-5,9-10,13,17H,1-3,6-8H2/t13-/m0/s1. The van der Waals surface area contributed by atoms with Gasteiger partial charge >= 0.3 is 0 Å². The lowest BCUT2D eigenvalue weighted by Gasteiger charge is -2.37. The van der Waals surface area contributed by atoms with Crippen molar-refractivity contribution in [3.05, 3.63) is 35.0 Å². The van der Waals surface area contributed by atoms with Gasteiger partial charge < -0.3 is 18.8 Å². The quantitative estimate of drug-likeness (QED) is 0.843. The molecule has 0 bridgehead atoms. The molecule has 2 aromatic rings. The Kier molecular flexibility index (Phi) is 4.01. The van der Waals surface area contributed by atoms with Crippen LogP contribution in [0.5, 0.6) is 0 Å². The minimum atomic E-state index is -0.321. The Morgan fingerprint density at radius 3 is 2.83 bits per heavy atom. The highest BCUT2D eigenvalue weighted by Crippen LogP contribution is 2.28. The van der Waals surface area contributed by atoms with E-state index in [-0.39, 0.29) is 18.2 Å². The smallest absolute Gasteiger partial charge is 0.290 e. The first-order valence-corrected chi connectivity index (χ1v) is 8.33. The molecule has 2 saturated heterocycles. The molecule has 23 heavy (non-hydrogen) atoms. The number of benzene rings is 1. The first-order valence-electron chi connectivity index (χ1n) is 7.96. The molecule has 1 amide bonds. The van der Waals surface area contributed by atoms with Crippen LogP contribution in [0.15, 0.2) is 28.7 Å². The molecule has 1 aromatic carbocycles. The lowest BCUT2D eigenvalue weighted by Crippen LogP contribution is -2.50. The van der Waals surface area contributed by atoms with Crippen LogP contribution in [0, 0.1) is 0 Å². The van der Waals surface area contributed by atoms with Crippen molar-refractivity contribution in [2.24, 2.45) is 0 Å². The second kappa shape index (κ2) is 6.15. The predicted molar refractivity (Wildman–Crippen MR) is 85.6 cm³/mol. The zero-order valence-electron chi connectivity index (χ0n) is 12.7. The second-order valence-electron chi connectivity index (χ2n) is 5.96. The number of carbonyl (C=O) groups excluding carboxylic acids is 1. The van der Waals surface area contributed by atoms with E-state index in [1.165, 1.54) is 0 Å². The number of likely N-dealkylation sites (tertiary alicyclic amines) is 1. The van der Waals surface area contributed by atoms with Crippen molar-refractivity contribution in [2.45, 2.75) is 31.6 Å². The van der Waals surface area contributed by atoms with Crippen LogP contribution in [0.1, 0.15) is 29.8 Å². The fraction of sp³-hybridized carbons (Fsp3) is 0.471. The molecule has 0 unspecified atom stereocenters. The van der Waals surface area contributed by atoms with Crippen LogP contribution < -0.4 is 0 Å². The van der Waals surface area contributed by atoms with Crippen LogP contribution in [0.3, 0.4) is 0 Å². The second-order valence-corrected chi connectivity index (χ2v) is 6.40. The maximum Gasteiger partial charge on any atom is 0.290 e. The van der Waals surface area contributed by atoms with Gasteiger partial charge in [-0.15, -0.1) is 0 Å². The van der Waals surface area contributed by atoms with Gasteiger partial charge in [-0.25, -0.2) is 0 Å². The van der Waals surface area contributed by atoms with Gasteiger partial charge in [-0.3, -0.25) is 4.79 Å². The van der Waals surface area contributed by atoms with E-state index >= 15 is 0 Å². The van der Waals surface area contributed by atoms with Crippen molar-refractivity contribution in [2.75, 3.05) is 19.8 Å². The molecule has 0 saturated carbocycles. The highest BCUT2D eigenvalue weighted by atomic mass is 35.5. The molecule has 4 rings (SSSR count). The van der Waals surface area contributed by atoms with Gasteiger partial charge in [0.1, 0.15) is 5.58 Å². The van der Waals surface area contributed by atoms with Gasteiger partial charge in [0.25, 0.3) is 5.91 Å². The molecule has 0 aliphatic carbocycles. The Bertz CT molecular complexity index is 722. The third-order valence-electron chi connectivity index (χ3n) is 4.46. The van der Waals surface area contributed by atoms with E-state index in [0.717, 1.165) is 24.6 Å². The van der Waals surface area contributed by atoms with Gasteiger partial charge in [-0.1, -0.05) is 11.6 Å². The largest absolute Gasteiger partial charge is 0.451 e. The number of ether oxygens (including phenoxy) is 2. The van der Waals surface area contributed by atoms with E-state index in [1.807, 2.05) is 4.90 Å². The number of carbonyl (C=O) groups is 1. The normalized spacial score (nSPS) is 22.8. The molecule has 2 aliphatic heterocycles. The van der Waals surface area contributed by atoms with Gasteiger partial charge in [0.15, 0.2) is 12.1 Å². The molecule has 2 fully saturated rings. The number of hydrogen-bond acceptors (Lipinski definition) is 4. The summed E-state index contributed by atoms with van der Waals surface area (Å²) in [6.45, 7) is 1.88. The van der Waals surface area contributed by atoms with Crippen LogP contribution in [0.4, 0.5) is 0 Å². The summed E-state index contributed by atoms with van der Waals surface area (Å²) in [5, 5.41) is 1.46. The predicted octanol–water partition coefficient (Wildman–Crippen LogP) is 3.45. The summed E-state index contributed by atoms with van der Waals surface area (Å²) < 4.78 is 17.0. The average Bonchev–Trinajstić information content (AvgIpc) is 3.23. The minimum Gasteiger partial charge on any atom is -0.451 e. The summed E-state index contributed by atoms with van der Waals surface area (Å²) in [7, 11) is 0. The molecule has 1 atom stereocenters. The molecule has 3 heterocycles. The molecule has 0 radical (unpaired) electrons. The highest BCUT2D eigenvalue weighted by Gasteiger charge is 2.37. The summed E-state index contributed by atoms with van der Waals surface area (Å²) >= 11 is 6.00. The fourth-order valence-corrected chi connectivity index (χ4v) is 3.53. The van der Waals surface area contributed by atoms with Gasteiger partial charge in [0, 0.05) is 17.0 Å². The van der Waals surface area contributed by atoms with Gasteiger partial charge in [-0.05, 0) is 43.5 Å². The molecule has 0 N–H and O–H groups in total. The lowest BCUT2D eigenvalue weighted by molar-refractivity contribution is -0.100. The summed E-state index contributed by atoms with van der Waals surface area (Å²) in [4.78, 5) is 14.7. The lowest BCUT2D eigenvalue weighted by atomic mass is 10.0. The molecule has 122 valence electrons. The van der Waals surface area contributed by atoms with E-state index in [9.17, 15) is 4.79 Å². The monoisotopic (exact) mass is 335 g/mol. The molecule has 5 nitrogen and oxygen atoms in total. The number of fused-ring (bicyclic) bond motifs is 1. The summed E-state index contributed by atoms with van der Waals surface area (Å²) in [6, 6.07) is 7.05. The number of amides is 1. The molecular formula is C17H18ClNO4. The summed E-state index contributed by atoms with van der Waals surface area (Å²) in [6.07, 6.45) is 2.63. The highest BCUT2D eigenvalue weighted by molar-refractivity contribution is 6.31. The Labute approximate surface area is 139 Å². The molecule has 2 aliphatic rings. The molecule has 1 aromatic heterocycles.